The Hall–Kier alpha value is -1.02. The van der Waals surface area contributed by atoms with Crippen molar-refractivity contribution in [1.82, 2.24) is 4.90 Å². The monoisotopic (exact) mass is 343 g/mol. The molecule has 0 amide bonds. The molecule has 1 aliphatic carbocycles. The predicted molar refractivity (Wildman–Crippen MR) is 106 cm³/mol. The van der Waals surface area contributed by atoms with Crippen molar-refractivity contribution in [2.24, 2.45) is 5.41 Å². The molecule has 1 unspecified atom stereocenters. The fourth-order valence-corrected chi connectivity index (χ4v) is 5.22. The number of hydrogen-bond donors (Lipinski definition) is 0. The van der Waals surface area contributed by atoms with E-state index in [4.69, 9.17) is 4.74 Å². The Bertz CT molecular complexity index is 518. The number of fused-ring (bicyclic) bond motifs is 1. The van der Waals surface area contributed by atoms with Crippen LogP contribution in [0.3, 0.4) is 0 Å². The van der Waals surface area contributed by atoms with Gasteiger partial charge in [-0.05, 0) is 63.4 Å². The summed E-state index contributed by atoms with van der Waals surface area (Å²) in [6.45, 7) is 11.3. The van der Waals surface area contributed by atoms with Crippen LogP contribution in [0.25, 0.3) is 0 Å². The molecule has 0 aromatic carbocycles. The van der Waals surface area contributed by atoms with Crippen molar-refractivity contribution in [2.45, 2.75) is 90.6 Å². The molecule has 140 valence electrons. The highest BCUT2D eigenvalue weighted by Gasteiger charge is 2.47. The molecule has 3 aliphatic rings. The molecule has 0 spiro atoms. The molecule has 0 aromatic rings. The molecule has 2 heterocycles. The zero-order valence-corrected chi connectivity index (χ0v) is 16.5. The van der Waals surface area contributed by atoms with Crippen molar-refractivity contribution >= 4 is 0 Å². The van der Waals surface area contributed by atoms with Crippen molar-refractivity contribution < 1.29 is 4.74 Å². The van der Waals surface area contributed by atoms with Crippen molar-refractivity contribution in [3.05, 3.63) is 35.7 Å². The fraction of sp³-hybridized carbons (Fsp3) is 0.739. The first-order valence-electron chi connectivity index (χ1n) is 10.7. The molecular formula is C23H37NO. The third kappa shape index (κ3) is 3.74. The molecule has 2 nitrogen and oxygen atoms in total. The summed E-state index contributed by atoms with van der Waals surface area (Å²) in [5.41, 5.74) is 4.67. The quantitative estimate of drug-likeness (QED) is 0.509. The second-order valence-electron chi connectivity index (χ2n) is 8.10. The van der Waals surface area contributed by atoms with Crippen LogP contribution >= 0.6 is 0 Å². The zero-order valence-electron chi connectivity index (χ0n) is 16.5. The van der Waals surface area contributed by atoms with Gasteiger partial charge < -0.3 is 9.64 Å². The molecule has 2 aliphatic heterocycles. The number of ether oxygens (including phenoxy) is 1. The lowest BCUT2D eigenvalue weighted by Crippen LogP contribution is -2.26. The second kappa shape index (κ2) is 8.58. The predicted octanol–water partition coefficient (Wildman–Crippen LogP) is 6.36. The number of hydrogen-bond acceptors (Lipinski definition) is 2. The lowest BCUT2D eigenvalue weighted by molar-refractivity contribution is 0.00940. The lowest BCUT2D eigenvalue weighted by atomic mass is 9.71. The van der Waals surface area contributed by atoms with Gasteiger partial charge in [-0.3, -0.25) is 0 Å². The summed E-state index contributed by atoms with van der Waals surface area (Å²) in [7, 11) is 0. The molecule has 0 radical (unpaired) electrons. The Morgan fingerprint density at radius 1 is 1.16 bits per heavy atom. The van der Waals surface area contributed by atoms with Gasteiger partial charge in [0, 0.05) is 30.0 Å². The van der Waals surface area contributed by atoms with Crippen LogP contribution in [0.2, 0.25) is 0 Å². The van der Waals surface area contributed by atoms with E-state index >= 15 is 0 Å². The molecule has 1 atom stereocenters. The van der Waals surface area contributed by atoms with Crippen LogP contribution in [0.1, 0.15) is 84.5 Å². The second-order valence-corrected chi connectivity index (χ2v) is 8.10. The minimum absolute atomic E-state index is 0.205. The van der Waals surface area contributed by atoms with Crippen LogP contribution in [0.4, 0.5) is 0 Å². The minimum atomic E-state index is 0.205. The Labute approximate surface area is 155 Å². The highest BCUT2D eigenvalue weighted by atomic mass is 16.5. The zero-order chi connectivity index (χ0) is 17.7. The molecule has 3 rings (SSSR count). The molecule has 2 fully saturated rings. The van der Waals surface area contributed by atoms with E-state index < -0.39 is 0 Å². The van der Waals surface area contributed by atoms with Gasteiger partial charge in [0.05, 0.1) is 6.10 Å². The van der Waals surface area contributed by atoms with Crippen LogP contribution < -0.4 is 0 Å². The summed E-state index contributed by atoms with van der Waals surface area (Å²) in [5, 5.41) is 0. The molecule has 0 saturated carbocycles. The molecular weight excluding hydrogens is 306 g/mol. The van der Waals surface area contributed by atoms with E-state index in [2.05, 4.69) is 37.5 Å². The van der Waals surface area contributed by atoms with Gasteiger partial charge in [0.25, 0.3) is 0 Å². The van der Waals surface area contributed by atoms with Gasteiger partial charge >= 0.3 is 0 Å². The van der Waals surface area contributed by atoms with Crippen molar-refractivity contribution in [2.75, 3.05) is 13.2 Å². The van der Waals surface area contributed by atoms with Crippen LogP contribution in [-0.4, -0.2) is 24.2 Å². The van der Waals surface area contributed by atoms with Crippen LogP contribution in [0.15, 0.2) is 35.7 Å². The topological polar surface area (TPSA) is 12.5 Å². The Morgan fingerprint density at radius 2 is 1.92 bits per heavy atom. The molecule has 0 N–H and O–H groups in total. The number of rotatable bonds is 8. The average molecular weight is 344 g/mol. The van der Waals surface area contributed by atoms with Crippen molar-refractivity contribution in [1.29, 1.82) is 0 Å². The van der Waals surface area contributed by atoms with E-state index in [0.29, 0.717) is 6.10 Å². The highest BCUT2D eigenvalue weighted by Crippen LogP contribution is 2.56. The van der Waals surface area contributed by atoms with E-state index in [9.17, 15) is 0 Å². The van der Waals surface area contributed by atoms with Crippen molar-refractivity contribution in [3.8, 4) is 0 Å². The van der Waals surface area contributed by atoms with Gasteiger partial charge in [0.1, 0.15) is 0 Å². The smallest absolute Gasteiger partial charge is 0.0575 e. The Kier molecular flexibility index (Phi) is 6.44. The normalized spacial score (nSPS) is 25.6. The summed E-state index contributed by atoms with van der Waals surface area (Å²) in [4.78, 5) is 2.57. The fourth-order valence-electron chi connectivity index (χ4n) is 5.22. The largest absolute Gasteiger partial charge is 0.378 e. The minimum Gasteiger partial charge on any atom is -0.378 e. The van der Waals surface area contributed by atoms with E-state index in [0.717, 1.165) is 13.2 Å². The Balaban J connectivity index is 1.71. The van der Waals surface area contributed by atoms with Gasteiger partial charge in [0.2, 0.25) is 0 Å². The van der Waals surface area contributed by atoms with E-state index in [-0.39, 0.29) is 5.41 Å². The third-order valence-electron chi connectivity index (χ3n) is 6.35. The van der Waals surface area contributed by atoms with Crippen LogP contribution in [-0.2, 0) is 4.74 Å². The van der Waals surface area contributed by atoms with Gasteiger partial charge in [-0.25, -0.2) is 0 Å². The van der Waals surface area contributed by atoms with Gasteiger partial charge in [0.15, 0.2) is 0 Å². The van der Waals surface area contributed by atoms with E-state index in [1.165, 1.54) is 82.0 Å². The maximum Gasteiger partial charge on any atom is 0.0575 e. The number of likely N-dealkylation sites (tertiary alicyclic amines) is 1. The van der Waals surface area contributed by atoms with Gasteiger partial charge in [-0.1, -0.05) is 45.4 Å². The third-order valence-corrected chi connectivity index (χ3v) is 6.35. The summed E-state index contributed by atoms with van der Waals surface area (Å²) in [5.74, 6) is 0. The van der Waals surface area contributed by atoms with Gasteiger partial charge in [-0.2, -0.15) is 0 Å². The summed E-state index contributed by atoms with van der Waals surface area (Å²) in [6, 6.07) is 0. The maximum atomic E-state index is 5.93. The lowest BCUT2D eigenvalue weighted by Gasteiger charge is -2.32. The Morgan fingerprint density at radius 3 is 2.60 bits per heavy atom. The summed E-state index contributed by atoms with van der Waals surface area (Å²) >= 11 is 0. The van der Waals surface area contributed by atoms with E-state index in [1.807, 2.05) is 0 Å². The SMILES string of the molecule is C=C1N(CCCC2CCCCO2)C2=CCCC=C2C1(CCC)CCC. The molecule has 0 aromatic heterocycles. The first-order chi connectivity index (χ1) is 12.2. The molecule has 25 heavy (non-hydrogen) atoms. The van der Waals surface area contributed by atoms with Crippen LogP contribution in [0, 0.1) is 5.41 Å². The van der Waals surface area contributed by atoms with Crippen molar-refractivity contribution in [3.63, 3.8) is 0 Å². The maximum absolute atomic E-state index is 5.93. The average Bonchev–Trinajstić information content (AvgIpc) is 2.86. The standard InChI is InChI=1S/C23H37NO/c1-4-15-23(16-5-2)19(3)24(22-14-7-6-13-21(22)23)17-10-12-20-11-8-9-18-25-20/h13-14,20H,3-12,15-18H2,1-2H3. The number of allylic oxidation sites excluding steroid dienone is 4. The summed E-state index contributed by atoms with van der Waals surface area (Å²) in [6.07, 6.45) is 19.1. The molecule has 2 heteroatoms. The van der Waals surface area contributed by atoms with Crippen LogP contribution in [0.5, 0.6) is 0 Å². The first-order valence-corrected chi connectivity index (χ1v) is 10.7. The molecule has 0 bridgehead atoms. The summed E-state index contributed by atoms with van der Waals surface area (Å²) < 4.78 is 5.93. The van der Waals surface area contributed by atoms with Gasteiger partial charge in [-0.15, -0.1) is 0 Å². The molecule has 2 saturated heterocycles. The number of nitrogens with zero attached hydrogens (tertiary/aromatic N) is 1. The first kappa shape index (κ1) is 18.8. The highest BCUT2D eigenvalue weighted by molar-refractivity contribution is 5.51. The van der Waals surface area contributed by atoms with E-state index in [1.54, 1.807) is 5.57 Å².